The molecule has 0 amide bonds. The summed E-state index contributed by atoms with van der Waals surface area (Å²) in [6, 6.07) is 0. The van der Waals surface area contributed by atoms with Crippen molar-refractivity contribution in [3.05, 3.63) is 0 Å². The fourth-order valence-corrected chi connectivity index (χ4v) is 2.97. The third-order valence-electron chi connectivity index (χ3n) is 1.78. The number of nitrogens with one attached hydrogen (secondary N) is 1. The van der Waals surface area contributed by atoms with Crippen molar-refractivity contribution in [2.75, 3.05) is 13.2 Å². The Labute approximate surface area is 79.7 Å². The van der Waals surface area contributed by atoms with Gasteiger partial charge in [0.2, 0.25) is 10.0 Å². The van der Waals surface area contributed by atoms with Gasteiger partial charge in [0.25, 0.3) is 0 Å². The Morgan fingerprint density at radius 1 is 1.38 bits per heavy atom. The molecule has 1 rings (SSSR count). The predicted molar refractivity (Wildman–Crippen MR) is 51.0 cm³/mol. The van der Waals surface area contributed by atoms with Crippen LogP contribution in [0.15, 0.2) is 0 Å². The van der Waals surface area contributed by atoms with Gasteiger partial charge in [-0.2, -0.15) is 0 Å². The summed E-state index contributed by atoms with van der Waals surface area (Å²) in [5.74, 6) is 0. The minimum atomic E-state index is -3.19. The number of hydrogen-bond donors (Lipinski definition) is 1. The third-order valence-corrected chi connectivity index (χ3v) is 3.92. The average molecular weight is 207 g/mol. The zero-order valence-electron chi connectivity index (χ0n) is 8.33. The third kappa shape index (κ3) is 3.25. The van der Waals surface area contributed by atoms with Crippen LogP contribution in [0, 0.1) is 0 Å². The highest BCUT2D eigenvalue weighted by atomic mass is 32.2. The molecule has 78 valence electrons. The van der Waals surface area contributed by atoms with Gasteiger partial charge in [-0.15, -0.1) is 0 Å². The topological polar surface area (TPSA) is 55.4 Å². The molecule has 1 fully saturated rings. The summed E-state index contributed by atoms with van der Waals surface area (Å²) >= 11 is 0. The van der Waals surface area contributed by atoms with E-state index in [1.807, 2.05) is 20.8 Å². The summed E-state index contributed by atoms with van der Waals surface area (Å²) in [5, 5.41) is -0.369. The van der Waals surface area contributed by atoms with Crippen LogP contribution in [0.2, 0.25) is 0 Å². The van der Waals surface area contributed by atoms with Gasteiger partial charge < -0.3 is 4.74 Å². The Bertz CT molecular complexity index is 260. The Kier molecular flexibility index (Phi) is 2.99. The van der Waals surface area contributed by atoms with Gasteiger partial charge in [-0.3, -0.25) is 0 Å². The first-order valence-electron chi connectivity index (χ1n) is 4.42. The summed E-state index contributed by atoms with van der Waals surface area (Å²) in [5.41, 5.74) is -0.401. The number of rotatable bonds is 2. The molecule has 0 aromatic rings. The molecule has 4 nitrogen and oxygen atoms in total. The normalized spacial score (nSPS) is 25.0. The zero-order chi connectivity index (χ0) is 10.1. The quantitative estimate of drug-likeness (QED) is 0.717. The summed E-state index contributed by atoms with van der Waals surface area (Å²) < 4.78 is 31.0. The van der Waals surface area contributed by atoms with Gasteiger partial charge in [-0.05, 0) is 27.2 Å². The van der Waals surface area contributed by atoms with E-state index in [0.717, 1.165) is 0 Å². The van der Waals surface area contributed by atoms with Crippen LogP contribution >= 0.6 is 0 Å². The summed E-state index contributed by atoms with van der Waals surface area (Å²) in [4.78, 5) is 0. The molecule has 13 heavy (non-hydrogen) atoms. The number of hydrogen-bond acceptors (Lipinski definition) is 3. The fraction of sp³-hybridized carbons (Fsp3) is 1.00. The van der Waals surface area contributed by atoms with E-state index in [-0.39, 0.29) is 5.25 Å². The first-order valence-corrected chi connectivity index (χ1v) is 5.96. The molecule has 0 aromatic carbocycles. The van der Waals surface area contributed by atoms with E-state index < -0.39 is 15.6 Å². The van der Waals surface area contributed by atoms with Crippen LogP contribution in [-0.2, 0) is 14.8 Å². The molecule has 1 aliphatic heterocycles. The monoisotopic (exact) mass is 207 g/mol. The number of ether oxygens (including phenoxy) is 1. The average Bonchev–Trinajstić information content (AvgIpc) is 2.29. The second-order valence-electron chi connectivity index (χ2n) is 4.38. The molecule has 0 aromatic heterocycles. The maximum Gasteiger partial charge on any atom is 0.217 e. The van der Waals surface area contributed by atoms with Crippen molar-refractivity contribution in [2.45, 2.75) is 38.0 Å². The number of sulfonamides is 1. The molecular weight excluding hydrogens is 190 g/mol. The van der Waals surface area contributed by atoms with E-state index in [1.54, 1.807) is 0 Å². The highest BCUT2D eigenvalue weighted by molar-refractivity contribution is 7.90. The lowest BCUT2D eigenvalue weighted by Gasteiger charge is -2.22. The molecular formula is C8H17NO3S. The molecule has 0 spiro atoms. The molecule has 0 aliphatic carbocycles. The lowest BCUT2D eigenvalue weighted by molar-refractivity contribution is 0.198. The molecule has 1 saturated heterocycles. The van der Waals surface area contributed by atoms with Gasteiger partial charge in [0, 0.05) is 12.1 Å². The van der Waals surface area contributed by atoms with Crippen LogP contribution in [0.3, 0.4) is 0 Å². The van der Waals surface area contributed by atoms with E-state index in [0.29, 0.717) is 19.6 Å². The maximum atomic E-state index is 11.7. The molecule has 1 N–H and O–H groups in total. The SMILES string of the molecule is CC(C)(C)NS(=O)(=O)C1CCOC1. The first kappa shape index (κ1) is 10.9. The molecule has 0 radical (unpaired) electrons. The molecule has 0 saturated carbocycles. The van der Waals surface area contributed by atoms with Gasteiger partial charge >= 0.3 is 0 Å². The van der Waals surface area contributed by atoms with Crippen molar-refractivity contribution in [1.29, 1.82) is 0 Å². The molecule has 1 unspecified atom stereocenters. The highest BCUT2D eigenvalue weighted by Crippen LogP contribution is 2.15. The second kappa shape index (κ2) is 3.55. The molecule has 5 heteroatoms. The molecule has 1 heterocycles. The van der Waals surface area contributed by atoms with Crippen LogP contribution in [0.1, 0.15) is 27.2 Å². The summed E-state index contributed by atoms with van der Waals surface area (Å²) in [7, 11) is -3.19. The smallest absolute Gasteiger partial charge is 0.217 e. The second-order valence-corrected chi connectivity index (χ2v) is 6.34. The largest absolute Gasteiger partial charge is 0.380 e. The van der Waals surface area contributed by atoms with Gasteiger partial charge in [-0.1, -0.05) is 0 Å². The summed E-state index contributed by atoms with van der Waals surface area (Å²) in [6.07, 6.45) is 0.603. The Morgan fingerprint density at radius 3 is 2.38 bits per heavy atom. The van der Waals surface area contributed by atoms with E-state index in [2.05, 4.69) is 4.72 Å². The van der Waals surface area contributed by atoms with Crippen molar-refractivity contribution < 1.29 is 13.2 Å². The Hall–Kier alpha value is -0.130. The van der Waals surface area contributed by atoms with Crippen LogP contribution in [0.4, 0.5) is 0 Å². The maximum absolute atomic E-state index is 11.7. The highest BCUT2D eigenvalue weighted by Gasteiger charge is 2.32. The Morgan fingerprint density at radius 2 is 2.00 bits per heavy atom. The van der Waals surface area contributed by atoms with Gasteiger partial charge in [0.1, 0.15) is 5.25 Å². The molecule has 1 aliphatic rings. The van der Waals surface area contributed by atoms with Crippen LogP contribution in [0.5, 0.6) is 0 Å². The minimum absolute atomic E-state index is 0.325. The van der Waals surface area contributed by atoms with Crippen molar-refractivity contribution in [2.24, 2.45) is 0 Å². The lowest BCUT2D eigenvalue weighted by atomic mass is 10.1. The van der Waals surface area contributed by atoms with Gasteiger partial charge in [0.05, 0.1) is 6.61 Å². The van der Waals surface area contributed by atoms with E-state index >= 15 is 0 Å². The van der Waals surface area contributed by atoms with E-state index in [9.17, 15) is 8.42 Å². The summed E-state index contributed by atoms with van der Waals surface area (Å²) in [6.45, 7) is 6.38. The lowest BCUT2D eigenvalue weighted by Crippen LogP contribution is -2.45. The van der Waals surface area contributed by atoms with Crippen molar-refractivity contribution in [3.63, 3.8) is 0 Å². The minimum Gasteiger partial charge on any atom is -0.380 e. The molecule has 1 atom stereocenters. The standard InChI is InChI=1S/C8H17NO3S/c1-8(2,3)9-13(10,11)7-4-5-12-6-7/h7,9H,4-6H2,1-3H3. The Balaban J connectivity index is 2.66. The van der Waals surface area contributed by atoms with Crippen LogP contribution < -0.4 is 4.72 Å². The van der Waals surface area contributed by atoms with Crippen molar-refractivity contribution in [3.8, 4) is 0 Å². The van der Waals surface area contributed by atoms with E-state index in [4.69, 9.17) is 4.74 Å². The van der Waals surface area contributed by atoms with Gasteiger partial charge in [0.15, 0.2) is 0 Å². The van der Waals surface area contributed by atoms with E-state index in [1.165, 1.54) is 0 Å². The fourth-order valence-electron chi connectivity index (χ4n) is 1.27. The van der Waals surface area contributed by atoms with Crippen molar-refractivity contribution >= 4 is 10.0 Å². The van der Waals surface area contributed by atoms with Crippen LogP contribution in [-0.4, -0.2) is 32.4 Å². The van der Waals surface area contributed by atoms with Crippen LogP contribution in [0.25, 0.3) is 0 Å². The van der Waals surface area contributed by atoms with Gasteiger partial charge in [-0.25, -0.2) is 13.1 Å². The van der Waals surface area contributed by atoms with Crippen molar-refractivity contribution in [1.82, 2.24) is 4.72 Å². The predicted octanol–water partition coefficient (Wildman–Crippen LogP) is 0.493. The zero-order valence-corrected chi connectivity index (χ0v) is 9.15. The first-order chi connectivity index (χ1) is 5.81. The molecule has 0 bridgehead atoms.